The molecule has 15 heavy (non-hydrogen) atoms. The molecular formula is C13H17NO. The zero-order valence-corrected chi connectivity index (χ0v) is 10.0. The van der Waals surface area contributed by atoms with E-state index >= 15 is 0 Å². The molecule has 0 heterocycles. The van der Waals surface area contributed by atoms with Gasteiger partial charge in [0.25, 0.3) is 0 Å². The highest BCUT2D eigenvalue weighted by Crippen LogP contribution is 2.34. The maximum atomic E-state index is 8.92. The molecule has 0 saturated heterocycles. The second kappa shape index (κ2) is 3.94. The van der Waals surface area contributed by atoms with Gasteiger partial charge in [-0.3, -0.25) is 0 Å². The van der Waals surface area contributed by atoms with Crippen LogP contribution in [0, 0.1) is 18.3 Å². The summed E-state index contributed by atoms with van der Waals surface area (Å²) in [5.41, 5.74) is 2.78. The zero-order valence-electron chi connectivity index (χ0n) is 10.0. The van der Waals surface area contributed by atoms with Gasteiger partial charge in [0.2, 0.25) is 0 Å². The van der Waals surface area contributed by atoms with E-state index in [4.69, 9.17) is 10.00 Å². The van der Waals surface area contributed by atoms with Crippen LogP contribution < -0.4 is 4.74 Å². The van der Waals surface area contributed by atoms with E-state index in [9.17, 15) is 0 Å². The molecule has 0 aromatic heterocycles. The molecule has 0 fully saturated rings. The molecule has 80 valence electrons. The molecule has 0 N–H and O–H groups in total. The number of nitrogens with zero attached hydrogens (tertiary/aromatic N) is 1. The summed E-state index contributed by atoms with van der Waals surface area (Å²) in [4.78, 5) is 0. The SMILES string of the molecule is COc1c(C)cc(C#N)cc1C(C)(C)C. The molecular weight excluding hydrogens is 186 g/mol. The van der Waals surface area contributed by atoms with Gasteiger partial charge in [0.1, 0.15) is 5.75 Å². The molecule has 0 saturated carbocycles. The van der Waals surface area contributed by atoms with Crippen molar-refractivity contribution in [3.05, 3.63) is 28.8 Å². The van der Waals surface area contributed by atoms with Crippen LogP contribution in [-0.4, -0.2) is 7.11 Å². The van der Waals surface area contributed by atoms with E-state index in [0.717, 1.165) is 16.9 Å². The molecule has 1 aromatic rings. The summed E-state index contributed by atoms with van der Waals surface area (Å²) in [6, 6.07) is 5.94. The summed E-state index contributed by atoms with van der Waals surface area (Å²) >= 11 is 0. The summed E-state index contributed by atoms with van der Waals surface area (Å²) in [7, 11) is 1.67. The molecule has 0 bridgehead atoms. The molecule has 2 heteroatoms. The predicted octanol–water partition coefficient (Wildman–Crippen LogP) is 3.17. The number of methoxy groups -OCH3 is 1. The molecule has 0 spiro atoms. The average Bonchev–Trinajstić information content (AvgIpc) is 2.15. The maximum absolute atomic E-state index is 8.92. The van der Waals surface area contributed by atoms with Gasteiger partial charge in [-0.1, -0.05) is 20.8 Å². The predicted molar refractivity (Wildman–Crippen MR) is 61.1 cm³/mol. The summed E-state index contributed by atoms with van der Waals surface area (Å²) in [6.07, 6.45) is 0. The van der Waals surface area contributed by atoms with Gasteiger partial charge < -0.3 is 4.74 Å². The fourth-order valence-electron chi connectivity index (χ4n) is 1.67. The first-order valence-corrected chi connectivity index (χ1v) is 4.99. The van der Waals surface area contributed by atoms with Crippen LogP contribution in [0.4, 0.5) is 0 Å². The van der Waals surface area contributed by atoms with Crippen LogP contribution in [-0.2, 0) is 5.41 Å². The standard InChI is InChI=1S/C13H17NO/c1-9-6-10(8-14)7-11(12(9)15-5)13(2,3)4/h6-7H,1-5H3. The smallest absolute Gasteiger partial charge is 0.125 e. The Hall–Kier alpha value is -1.49. The minimum absolute atomic E-state index is 0.0109. The minimum Gasteiger partial charge on any atom is -0.496 e. The van der Waals surface area contributed by atoms with Gasteiger partial charge in [-0.2, -0.15) is 5.26 Å². The average molecular weight is 203 g/mol. The first kappa shape index (κ1) is 11.6. The quantitative estimate of drug-likeness (QED) is 0.702. The first-order valence-electron chi connectivity index (χ1n) is 4.99. The number of benzene rings is 1. The zero-order chi connectivity index (χ0) is 11.6. The summed E-state index contributed by atoms with van der Waals surface area (Å²) < 4.78 is 5.39. The molecule has 0 aliphatic rings. The number of nitriles is 1. The minimum atomic E-state index is -0.0109. The van der Waals surface area contributed by atoms with Crippen molar-refractivity contribution in [3.8, 4) is 11.8 Å². The van der Waals surface area contributed by atoms with Gasteiger partial charge in [0.15, 0.2) is 0 Å². The van der Waals surface area contributed by atoms with Crippen molar-refractivity contribution in [1.82, 2.24) is 0 Å². The van der Waals surface area contributed by atoms with E-state index in [0.29, 0.717) is 5.56 Å². The van der Waals surface area contributed by atoms with Gasteiger partial charge in [-0.25, -0.2) is 0 Å². The maximum Gasteiger partial charge on any atom is 0.125 e. The lowest BCUT2D eigenvalue weighted by atomic mass is 9.84. The van der Waals surface area contributed by atoms with Gasteiger partial charge in [0.05, 0.1) is 18.7 Å². The Morgan fingerprint density at radius 3 is 2.27 bits per heavy atom. The monoisotopic (exact) mass is 203 g/mol. The van der Waals surface area contributed by atoms with E-state index in [1.807, 2.05) is 19.1 Å². The molecule has 2 nitrogen and oxygen atoms in total. The fourth-order valence-corrected chi connectivity index (χ4v) is 1.67. The lowest BCUT2D eigenvalue weighted by Gasteiger charge is -2.23. The molecule has 1 aromatic carbocycles. The third-order valence-electron chi connectivity index (χ3n) is 2.42. The largest absolute Gasteiger partial charge is 0.496 e. The van der Waals surface area contributed by atoms with E-state index in [2.05, 4.69) is 26.8 Å². The number of ether oxygens (including phenoxy) is 1. The van der Waals surface area contributed by atoms with Gasteiger partial charge in [-0.05, 0) is 30.0 Å². The molecule has 0 radical (unpaired) electrons. The second-order valence-electron chi connectivity index (χ2n) is 4.74. The lowest BCUT2D eigenvalue weighted by Crippen LogP contribution is -2.14. The third kappa shape index (κ3) is 2.30. The molecule has 0 atom stereocenters. The van der Waals surface area contributed by atoms with Crippen molar-refractivity contribution in [2.24, 2.45) is 0 Å². The first-order chi connectivity index (χ1) is 6.90. The Bertz CT molecular complexity index is 408. The summed E-state index contributed by atoms with van der Waals surface area (Å²) in [5, 5.41) is 8.92. The van der Waals surface area contributed by atoms with E-state index in [1.165, 1.54) is 0 Å². The van der Waals surface area contributed by atoms with Gasteiger partial charge >= 0.3 is 0 Å². The Morgan fingerprint density at radius 2 is 1.87 bits per heavy atom. The van der Waals surface area contributed by atoms with Crippen LogP contribution in [0.15, 0.2) is 12.1 Å². The van der Waals surface area contributed by atoms with Crippen LogP contribution in [0.5, 0.6) is 5.75 Å². The van der Waals surface area contributed by atoms with Crippen molar-refractivity contribution in [3.63, 3.8) is 0 Å². The van der Waals surface area contributed by atoms with E-state index in [1.54, 1.807) is 7.11 Å². The van der Waals surface area contributed by atoms with Crippen LogP contribution in [0.2, 0.25) is 0 Å². The molecule has 1 rings (SSSR count). The Morgan fingerprint density at radius 1 is 1.27 bits per heavy atom. The number of aryl methyl sites for hydroxylation is 1. The van der Waals surface area contributed by atoms with Crippen molar-refractivity contribution < 1.29 is 4.74 Å². The van der Waals surface area contributed by atoms with Crippen LogP contribution in [0.3, 0.4) is 0 Å². The molecule has 0 aliphatic carbocycles. The lowest BCUT2D eigenvalue weighted by molar-refractivity contribution is 0.394. The highest BCUT2D eigenvalue weighted by molar-refractivity contribution is 5.50. The molecule has 0 amide bonds. The van der Waals surface area contributed by atoms with E-state index < -0.39 is 0 Å². The van der Waals surface area contributed by atoms with Crippen molar-refractivity contribution >= 4 is 0 Å². The number of hydrogen-bond acceptors (Lipinski definition) is 2. The van der Waals surface area contributed by atoms with Crippen LogP contribution in [0.25, 0.3) is 0 Å². The van der Waals surface area contributed by atoms with Crippen LogP contribution >= 0.6 is 0 Å². The highest BCUT2D eigenvalue weighted by atomic mass is 16.5. The van der Waals surface area contributed by atoms with Crippen molar-refractivity contribution in [1.29, 1.82) is 5.26 Å². The van der Waals surface area contributed by atoms with E-state index in [-0.39, 0.29) is 5.41 Å². The van der Waals surface area contributed by atoms with Gasteiger partial charge in [-0.15, -0.1) is 0 Å². The topological polar surface area (TPSA) is 33.0 Å². The summed E-state index contributed by atoms with van der Waals surface area (Å²) in [5.74, 6) is 0.890. The van der Waals surface area contributed by atoms with Gasteiger partial charge in [0, 0.05) is 5.56 Å². The highest BCUT2D eigenvalue weighted by Gasteiger charge is 2.20. The summed E-state index contributed by atoms with van der Waals surface area (Å²) in [6.45, 7) is 8.32. The molecule has 0 aliphatic heterocycles. The Labute approximate surface area is 91.5 Å². The number of rotatable bonds is 1. The molecule has 0 unspecified atom stereocenters. The third-order valence-corrected chi connectivity index (χ3v) is 2.42. The Kier molecular flexibility index (Phi) is 3.04. The fraction of sp³-hybridized carbons (Fsp3) is 0.462. The van der Waals surface area contributed by atoms with Crippen molar-refractivity contribution in [2.45, 2.75) is 33.1 Å². The normalized spacial score (nSPS) is 10.9. The second-order valence-corrected chi connectivity index (χ2v) is 4.74. The Balaban J connectivity index is 3.48. The van der Waals surface area contributed by atoms with Crippen LogP contribution in [0.1, 0.15) is 37.5 Å². The number of hydrogen-bond donors (Lipinski definition) is 0. The van der Waals surface area contributed by atoms with Crippen molar-refractivity contribution in [2.75, 3.05) is 7.11 Å².